The standard InChI is InChI=1S/C23H34N4O/c1-18-9-14-26(15-10-18)13-7-6-12-25-23(28)22-16-19(2)27(20(22)3)17-21-8-4-5-11-24-21/h4-5,8,11,16,18H,6-7,9-10,12-15,17H2,1-3H3,(H,25,28). The number of hydrogen-bond acceptors (Lipinski definition) is 3. The Morgan fingerprint density at radius 1 is 1.21 bits per heavy atom. The number of carbonyl (C=O) groups excluding carboxylic acids is 1. The maximum atomic E-state index is 12.6. The van der Waals surface area contributed by atoms with Crippen molar-refractivity contribution >= 4 is 5.91 Å². The van der Waals surface area contributed by atoms with Crippen molar-refractivity contribution in [3.63, 3.8) is 0 Å². The zero-order valence-electron chi connectivity index (χ0n) is 17.6. The molecule has 0 bridgehead atoms. The molecule has 0 unspecified atom stereocenters. The van der Waals surface area contributed by atoms with Crippen LogP contribution in [0.3, 0.4) is 0 Å². The zero-order valence-corrected chi connectivity index (χ0v) is 17.6. The van der Waals surface area contributed by atoms with Gasteiger partial charge in [-0.15, -0.1) is 0 Å². The third kappa shape index (κ3) is 5.44. The van der Waals surface area contributed by atoms with Crippen LogP contribution < -0.4 is 5.32 Å². The summed E-state index contributed by atoms with van der Waals surface area (Å²) in [6, 6.07) is 7.92. The van der Waals surface area contributed by atoms with Crippen LogP contribution in [0.1, 0.15) is 60.0 Å². The average Bonchev–Trinajstić information content (AvgIpc) is 2.98. The highest BCUT2D eigenvalue weighted by Crippen LogP contribution is 2.17. The Kier molecular flexibility index (Phi) is 7.26. The van der Waals surface area contributed by atoms with E-state index in [0.29, 0.717) is 6.54 Å². The molecule has 3 heterocycles. The van der Waals surface area contributed by atoms with Crippen molar-refractivity contribution in [2.75, 3.05) is 26.2 Å². The number of pyridine rings is 1. The lowest BCUT2D eigenvalue weighted by Gasteiger charge is -2.30. The maximum absolute atomic E-state index is 12.6. The minimum absolute atomic E-state index is 0.0344. The number of piperidine rings is 1. The molecule has 1 amide bonds. The second kappa shape index (κ2) is 9.87. The molecule has 2 aromatic heterocycles. The van der Waals surface area contributed by atoms with Crippen LogP contribution in [0.15, 0.2) is 30.5 Å². The largest absolute Gasteiger partial charge is 0.352 e. The van der Waals surface area contributed by atoms with Gasteiger partial charge in [-0.25, -0.2) is 0 Å². The summed E-state index contributed by atoms with van der Waals surface area (Å²) in [4.78, 5) is 19.6. The number of aromatic nitrogens is 2. The molecule has 152 valence electrons. The van der Waals surface area contributed by atoms with E-state index >= 15 is 0 Å². The Bertz CT molecular complexity index is 760. The smallest absolute Gasteiger partial charge is 0.253 e. The minimum atomic E-state index is 0.0344. The molecular formula is C23H34N4O. The highest BCUT2D eigenvalue weighted by atomic mass is 16.1. The van der Waals surface area contributed by atoms with Gasteiger partial charge in [-0.3, -0.25) is 9.78 Å². The molecule has 1 aliphatic heterocycles. The van der Waals surface area contributed by atoms with Gasteiger partial charge in [0.2, 0.25) is 0 Å². The fourth-order valence-electron chi connectivity index (χ4n) is 3.97. The molecule has 0 aromatic carbocycles. The Labute approximate surface area is 169 Å². The summed E-state index contributed by atoms with van der Waals surface area (Å²) in [5, 5.41) is 3.10. The molecule has 2 aromatic rings. The summed E-state index contributed by atoms with van der Waals surface area (Å²) in [5.74, 6) is 0.916. The van der Waals surface area contributed by atoms with Crippen LogP contribution in [-0.4, -0.2) is 46.5 Å². The van der Waals surface area contributed by atoms with Crippen LogP contribution in [0, 0.1) is 19.8 Å². The van der Waals surface area contributed by atoms with Crippen LogP contribution in [0.2, 0.25) is 0 Å². The fraction of sp³-hybridized carbons (Fsp3) is 0.565. The third-order valence-corrected chi connectivity index (χ3v) is 5.93. The molecule has 1 saturated heterocycles. The highest BCUT2D eigenvalue weighted by Gasteiger charge is 2.17. The first-order valence-electron chi connectivity index (χ1n) is 10.6. The van der Waals surface area contributed by atoms with Gasteiger partial charge in [-0.05, 0) is 83.3 Å². The van der Waals surface area contributed by atoms with Crippen molar-refractivity contribution in [2.24, 2.45) is 5.92 Å². The summed E-state index contributed by atoms with van der Waals surface area (Å²) in [6.07, 6.45) is 6.63. The van der Waals surface area contributed by atoms with E-state index in [0.717, 1.165) is 54.5 Å². The number of amides is 1. The van der Waals surface area contributed by atoms with E-state index in [-0.39, 0.29) is 5.91 Å². The average molecular weight is 383 g/mol. The second-order valence-electron chi connectivity index (χ2n) is 8.18. The summed E-state index contributed by atoms with van der Waals surface area (Å²) in [7, 11) is 0. The van der Waals surface area contributed by atoms with Crippen LogP contribution in [0.25, 0.3) is 0 Å². The molecule has 5 heteroatoms. The number of rotatable bonds is 8. The lowest BCUT2D eigenvalue weighted by Crippen LogP contribution is -2.34. The summed E-state index contributed by atoms with van der Waals surface area (Å²) >= 11 is 0. The van der Waals surface area contributed by atoms with Crippen LogP contribution >= 0.6 is 0 Å². The van der Waals surface area contributed by atoms with Gasteiger partial charge in [0.05, 0.1) is 17.8 Å². The van der Waals surface area contributed by atoms with Crippen molar-refractivity contribution in [3.05, 3.63) is 53.1 Å². The minimum Gasteiger partial charge on any atom is -0.352 e. The zero-order chi connectivity index (χ0) is 19.9. The monoisotopic (exact) mass is 382 g/mol. The van der Waals surface area contributed by atoms with E-state index in [9.17, 15) is 4.79 Å². The number of nitrogens with one attached hydrogen (secondary N) is 1. The molecule has 1 fully saturated rings. The molecule has 0 saturated carbocycles. The summed E-state index contributed by atoms with van der Waals surface area (Å²) in [5.41, 5.74) is 3.87. The summed E-state index contributed by atoms with van der Waals surface area (Å²) in [6.45, 7) is 11.5. The molecule has 0 spiro atoms. The fourth-order valence-corrected chi connectivity index (χ4v) is 3.97. The van der Waals surface area contributed by atoms with Gasteiger partial charge < -0.3 is 14.8 Å². The Balaban J connectivity index is 1.45. The predicted molar refractivity (Wildman–Crippen MR) is 114 cm³/mol. The number of nitrogens with zero attached hydrogens (tertiary/aromatic N) is 3. The summed E-state index contributed by atoms with van der Waals surface area (Å²) < 4.78 is 2.16. The van der Waals surface area contributed by atoms with Crippen molar-refractivity contribution in [1.29, 1.82) is 0 Å². The Morgan fingerprint density at radius 3 is 2.71 bits per heavy atom. The lowest BCUT2D eigenvalue weighted by molar-refractivity contribution is 0.0951. The normalized spacial score (nSPS) is 15.7. The molecule has 1 aliphatic rings. The molecule has 1 N–H and O–H groups in total. The Hall–Kier alpha value is -2.14. The van der Waals surface area contributed by atoms with Gasteiger partial charge in [0, 0.05) is 24.1 Å². The van der Waals surface area contributed by atoms with E-state index in [1.165, 1.54) is 25.9 Å². The first-order valence-corrected chi connectivity index (χ1v) is 10.6. The molecule has 28 heavy (non-hydrogen) atoms. The van der Waals surface area contributed by atoms with Crippen LogP contribution in [-0.2, 0) is 6.54 Å². The maximum Gasteiger partial charge on any atom is 0.253 e. The third-order valence-electron chi connectivity index (χ3n) is 5.93. The topological polar surface area (TPSA) is 50.2 Å². The van der Waals surface area contributed by atoms with Gasteiger partial charge in [0.1, 0.15) is 0 Å². The van der Waals surface area contributed by atoms with E-state index in [1.807, 2.05) is 44.3 Å². The molecular weight excluding hydrogens is 348 g/mol. The van der Waals surface area contributed by atoms with Gasteiger partial charge in [-0.1, -0.05) is 13.0 Å². The van der Waals surface area contributed by atoms with Gasteiger partial charge in [0.25, 0.3) is 5.91 Å². The van der Waals surface area contributed by atoms with Gasteiger partial charge in [0.15, 0.2) is 0 Å². The van der Waals surface area contributed by atoms with Crippen molar-refractivity contribution in [2.45, 2.75) is 53.0 Å². The molecule has 3 rings (SSSR count). The van der Waals surface area contributed by atoms with Gasteiger partial charge in [-0.2, -0.15) is 0 Å². The number of aryl methyl sites for hydroxylation is 1. The first-order chi connectivity index (χ1) is 13.5. The SMILES string of the molecule is Cc1cc(C(=O)NCCCCN2CCC(C)CC2)c(C)n1Cc1ccccn1. The first kappa shape index (κ1) is 20.6. The highest BCUT2D eigenvalue weighted by molar-refractivity contribution is 5.95. The van der Waals surface area contributed by atoms with E-state index in [2.05, 4.69) is 26.7 Å². The molecule has 0 radical (unpaired) electrons. The van der Waals surface area contributed by atoms with E-state index < -0.39 is 0 Å². The van der Waals surface area contributed by atoms with E-state index in [4.69, 9.17) is 0 Å². The predicted octanol–water partition coefficient (Wildman–Crippen LogP) is 3.79. The molecule has 0 aliphatic carbocycles. The quantitative estimate of drug-likeness (QED) is 0.707. The van der Waals surface area contributed by atoms with Crippen molar-refractivity contribution in [1.82, 2.24) is 19.8 Å². The van der Waals surface area contributed by atoms with Gasteiger partial charge >= 0.3 is 0 Å². The number of carbonyl (C=O) groups is 1. The van der Waals surface area contributed by atoms with Crippen molar-refractivity contribution in [3.8, 4) is 0 Å². The number of unbranched alkanes of at least 4 members (excludes halogenated alkanes) is 1. The van der Waals surface area contributed by atoms with Crippen LogP contribution in [0.4, 0.5) is 0 Å². The van der Waals surface area contributed by atoms with Crippen LogP contribution in [0.5, 0.6) is 0 Å². The number of likely N-dealkylation sites (tertiary alicyclic amines) is 1. The lowest BCUT2D eigenvalue weighted by atomic mass is 9.99. The van der Waals surface area contributed by atoms with Crippen molar-refractivity contribution < 1.29 is 4.79 Å². The second-order valence-corrected chi connectivity index (χ2v) is 8.18. The van der Waals surface area contributed by atoms with E-state index in [1.54, 1.807) is 0 Å². The molecule has 0 atom stereocenters. The molecule has 5 nitrogen and oxygen atoms in total. The Morgan fingerprint density at radius 2 is 2.00 bits per heavy atom. The number of hydrogen-bond donors (Lipinski definition) is 1.